The van der Waals surface area contributed by atoms with Crippen LogP contribution < -0.4 is 10.6 Å². The van der Waals surface area contributed by atoms with E-state index in [0.29, 0.717) is 0 Å². The van der Waals surface area contributed by atoms with Gasteiger partial charge in [0.25, 0.3) is 0 Å². The van der Waals surface area contributed by atoms with Gasteiger partial charge in [0.2, 0.25) is 0 Å². The summed E-state index contributed by atoms with van der Waals surface area (Å²) in [5.41, 5.74) is 5.26. The Morgan fingerprint density at radius 2 is 2.17 bits per heavy atom. The number of carboxylic acids is 1. The summed E-state index contributed by atoms with van der Waals surface area (Å²) in [6.07, 6.45) is -3.40. The Morgan fingerprint density at radius 3 is 2.56 bits per heavy atom. The van der Waals surface area contributed by atoms with E-state index in [0.717, 1.165) is 17.2 Å². The molecular weight excluding hydrogens is 251 g/mol. The molecule has 1 aromatic heterocycles. The van der Waals surface area contributed by atoms with Crippen LogP contribution in [0, 0.1) is 0 Å². The average molecular weight is 263 g/mol. The molecule has 0 aliphatic rings. The topological polar surface area (TPSA) is 79.5 Å². The lowest BCUT2D eigenvalue weighted by atomic mass is 10.2. The van der Waals surface area contributed by atoms with Crippen molar-refractivity contribution in [2.24, 2.45) is 0 Å². The Kier molecular flexibility index (Phi) is 4.00. The molecule has 0 spiro atoms. The highest BCUT2D eigenvalue weighted by Gasteiger charge is 2.31. The van der Waals surface area contributed by atoms with E-state index in [4.69, 9.17) is 10.8 Å². The Balaban J connectivity index is 3.04. The van der Waals surface area contributed by atoms with Gasteiger partial charge < -0.3 is 15.7 Å². The molecule has 5 nitrogen and oxygen atoms in total. The number of aromatic nitrogens is 1. The quantitative estimate of drug-likeness (QED) is 0.865. The predicted molar refractivity (Wildman–Crippen MR) is 59.6 cm³/mol. The minimum atomic E-state index is -4.38. The molecule has 1 rings (SSSR count). The van der Waals surface area contributed by atoms with Gasteiger partial charge >= 0.3 is 12.1 Å². The number of anilines is 2. The van der Waals surface area contributed by atoms with Crippen LogP contribution in [0.4, 0.5) is 24.7 Å². The summed E-state index contributed by atoms with van der Waals surface area (Å²) in [7, 11) is 0. The number of halogens is 3. The first-order chi connectivity index (χ1) is 8.24. The van der Waals surface area contributed by atoms with Gasteiger partial charge in [0, 0.05) is 12.7 Å². The number of hydrogen-bond acceptors (Lipinski definition) is 4. The summed E-state index contributed by atoms with van der Waals surface area (Å²) >= 11 is 0. The second kappa shape index (κ2) is 5.11. The van der Waals surface area contributed by atoms with Crippen LogP contribution in [0.2, 0.25) is 0 Å². The highest BCUT2D eigenvalue weighted by atomic mass is 19.4. The largest absolute Gasteiger partial charge is 0.478 e. The fourth-order valence-electron chi connectivity index (χ4n) is 1.41. The van der Waals surface area contributed by atoms with Crippen LogP contribution in [0.3, 0.4) is 0 Å². The van der Waals surface area contributed by atoms with Crippen molar-refractivity contribution >= 4 is 17.5 Å². The highest BCUT2D eigenvalue weighted by molar-refractivity contribution is 5.89. The Hall–Kier alpha value is -1.99. The fraction of sp³-hybridized carbons (Fsp3) is 0.400. The maximum absolute atomic E-state index is 12.3. The van der Waals surface area contributed by atoms with Crippen LogP contribution in [-0.4, -0.2) is 35.3 Å². The minimum absolute atomic E-state index is 0.0587. The van der Waals surface area contributed by atoms with Crippen LogP contribution in [-0.2, 0) is 0 Å². The van der Waals surface area contributed by atoms with Gasteiger partial charge in [-0.25, -0.2) is 9.78 Å². The molecule has 0 atom stereocenters. The summed E-state index contributed by atoms with van der Waals surface area (Å²) in [5, 5.41) is 8.69. The molecule has 1 aromatic rings. The molecule has 0 saturated heterocycles. The number of pyridine rings is 1. The van der Waals surface area contributed by atoms with Crippen molar-refractivity contribution in [1.82, 2.24) is 4.98 Å². The Morgan fingerprint density at radius 1 is 1.56 bits per heavy atom. The van der Waals surface area contributed by atoms with Gasteiger partial charge in [0.15, 0.2) is 5.82 Å². The first-order valence-corrected chi connectivity index (χ1v) is 5.05. The third-order valence-corrected chi connectivity index (χ3v) is 2.19. The molecule has 0 aromatic carbocycles. The van der Waals surface area contributed by atoms with E-state index >= 15 is 0 Å². The van der Waals surface area contributed by atoms with Crippen LogP contribution in [0.1, 0.15) is 17.3 Å². The van der Waals surface area contributed by atoms with Crippen LogP contribution in [0.5, 0.6) is 0 Å². The van der Waals surface area contributed by atoms with Crippen LogP contribution in [0.25, 0.3) is 0 Å². The molecule has 3 N–H and O–H groups in total. The van der Waals surface area contributed by atoms with E-state index in [2.05, 4.69) is 4.98 Å². The monoisotopic (exact) mass is 263 g/mol. The lowest BCUT2D eigenvalue weighted by Gasteiger charge is -2.24. The molecule has 0 bridgehead atoms. The van der Waals surface area contributed by atoms with E-state index < -0.39 is 18.7 Å². The number of nitrogen functional groups attached to an aromatic ring is 1. The summed E-state index contributed by atoms with van der Waals surface area (Å²) in [4.78, 5) is 15.2. The SMILES string of the molecule is CCN(CC(F)(F)F)c1ncc(C(=O)O)cc1N. The lowest BCUT2D eigenvalue weighted by molar-refractivity contribution is -0.119. The van der Waals surface area contributed by atoms with Crippen LogP contribution >= 0.6 is 0 Å². The number of aromatic carboxylic acids is 1. The van der Waals surface area contributed by atoms with Gasteiger partial charge in [-0.05, 0) is 13.0 Å². The molecule has 100 valence electrons. The number of carbonyl (C=O) groups is 1. The fourth-order valence-corrected chi connectivity index (χ4v) is 1.41. The average Bonchev–Trinajstić information content (AvgIpc) is 2.24. The molecule has 0 radical (unpaired) electrons. The minimum Gasteiger partial charge on any atom is -0.478 e. The summed E-state index contributed by atoms with van der Waals surface area (Å²) < 4.78 is 36.9. The van der Waals surface area contributed by atoms with Crippen molar-refractivity contribution in [1.29, 1.82) is 0 Å². The van der Waals surface area contributed by atoms with Crippen molar-refractivity contribution in [2.75, 3.05) is 23.7 Å². The van der Waals surface area contributed by atoms with Crippen molar-refractivity contribution < 1.29 is 23.1 Å². The van der Waals surface area contributed by atoms with Gasteiger partial charge in [-0.3, -0.25) is 0 Å². The Bertz CT molecular complexity index is 448. The third-order valence-electron chi connectivity index (χ3n) is 2.19. The van der Waals surface area contributed by atoms with E-state index in [-0.39, 0.29) is 23.6 Å². The first-order valence-electron chi connectivity index (χ1n) is 5.05. The van der Waals surface area contributed by atoms with E-state index in [9.17, 15) is 18.0 Å². The van der Waals surface area contributed by atoms with Gasteiger partial charge in [-0.1, -0.05) is 0 Å². The number of carboxylic acid groups (broad SMARTS) is 1. The molecule has 8 heteroatoms. The second-order valence-electron chi connectivity index (χ2n) is 3.57. The van der Waals surface area contributed by atoms with E-state index in [1.807, 2.05) is 0 Å². The maximum atomic E-state index is 12.3. The molecular formula is C10H12F3N3O2. The third kappa shape index (κ3) is 3.51. The van der Waals surface area contributed by atoms with Crippen LogP contribution in [0.15, 0.2) is 12.3 Å². The normalized spacial score (nSPS) is 11.3. The number of nitrogens with zero attached hydrogens (tertiary/aromatic N) is 2. The number of hydrogen-bond donors (Lipinski definition) is 2. The molecule has 0 unspecified atom stereocenters. The molecule has 18 heavy (non-hydrogen) atoms. The summed E-state index contributed by atoms with van der Waals surface area (Å²) in [6.45, 7) is 0.397. The molecule has 0 saturated carbocycles. The molecule has 0 aliphatic heterocycles. The van der Waals surface area contributed by atoms with Crippen molar-refractivity contribution in [3.8, 4) is 0 Å². The van der Waals surface area contributed by atoms with Crippen molar-refractivity contribution in [3.63, 3.8) is 0 Å². The summed E-state index contributed by atoms with van der Waals surface area (Å²) in [6, 6.07) is 1.09. The second-order valence-corrected chi connectivity index (χ2v) is 3.57. The maximum Gasteiger partial charge on any atom is 0.405 e. The van der Waals surface area contributed by atoms with Gasteiger partial charge in [-0.15, -0.1) is 0 Å². The van der Waals surface area contributed by atoms with Gasteiger partial charge in [0.1, 0.15) is 6.54 Å². The first kappa shape index (κ1) is 14.1. The number of alkyl halides is 3. The molecule has 0 amide bonds. The van der Waals surface area contributed by atoms with Gasteiger partial charge in [-0.2, -0.15) is 13.2 Å². The standard InChI is InChI=1S/C10H12F3N3O2/c1-2-16(5-10(11,12)13)8-7(14)3-6(4-15-8)9(17)18/h3-4H,2,5,14H2,1H3,(H,17,18). The lowest BCUT2D eigenvalue weighted by Crippen LogP contribution is -2.35. The summed E-state index contributed by atoms with van der Waals surface area (Å²) in [5.74, 6) is -1.31. The molecule has 0 aliphatic carbocycles. The smallest absolute Gasteiger partial charge is 0.405 e. The Labute approximate surface area is 101 Å². The zero-order valence-corrected chi connectivity index (χ0v) is 9.53. The van der Waals surface area contributed by atoms with E-state index in [1.54, 1.807) is 0 Å². The zero-order chi connectivity index (χ0) is 13.9. The molecule has 1 heterocycles. The molecule has 0 fully saturated rings. The van der Waals surface area contributed by atoms with E-state index in [1.165, 1.54) is 6.92 Å². The highest BCUT2D eigenvalue weighted by Crippen LogP contribution is 2.25. The predicted octanol–water partition coefficient (Wildman–Crippen LogP) is 1.75. The number of nitrogens with two attached hydrogens (primary N) is 1. The van der Waals surface area contributed by atoms with Gasteiger partial charge in [0.05, 0.1) is 11.3 Å². The zero-order valence-electron chi connectivity index (χ0n) is 9.53. The van der Waals surface area contributed by atoms with Crippen molar-refractivity contribution in [2.45, 2.75) is 13.1 Å². The van der Waals surface area contributed by atoms with Crippen molar-refractivity contribution in [3.05, 3.63) is 17.8 Å². The number of rotatable bonds is 4.